The summed E-state index contributed by atoms with van der Waals surface area (Å²) < 4.78 is 95.8. The van der Waals surface area contributed by atoms with Crippen LogP contribution < -0.4 is 4.74 Å². The standard InChI is InChI=1S/C17H13F5O3S/c1-9-6-10(2-3-13(9)18)25-14-4-5-15(26(23,24)16(19)20)12-8-17(21,22)7-11(12)14/h2-6,16H,7-8H2,1H3. The molecule has 0 atom stereocenters. The average molecular weight is 392 g/mol. The third kappa shape index (κ3) is 3.27. The van der Waals surface area contributed by atoms with Crippen LogP contribution in [0.25, 0.3) is 0 Å². The first-order chi connectivity index (χ1) is 12.0. The van der Waals surface area contributed by atoms with Gasteiger partial charge in [-0.1, -0.05) is 0 Å². The predicted molar refractivity (Wildman–Crippen MR) is 83.2 cm³/mol. The molecule has 0 radical (unpaired) electrons. The van der Waals surface area contributed by atoms with Crippen molar-refractivity contribution in [2.24, 2.45) is 0 Å². The van der Waals surface area contributed by atoms with Crippen molar-refractivity contribution >= 4 is 9.84 Å². The molecule has 0 aromatic heterocycles. The highest BCUT2D eigenvalue weighted by Gasteiger charge is 2.43. The normalized spacial score (nSPS) is 16.0. The maximum absolute atomic E-state index is 13.9. The zero-order chi connectivity index (χ0) is 19.3. The summed E-state index contributed by atoms with van der Waals surface area (Å²) in [5.41, 5.74) is -0.244. The average Bonchev–Trinajstić information content (AvgIpc) is 2.86. The Balaban J connectivity index is 2.09. The second-order valence-electron chi connectivity index (χ2n) is 6.05. The summed E-state index contributed by atoms with van der Waals surface area (Å²) in [5, 5.41) is 0. The Kier molecular flexibility index (Phi) is 4.46. The fourth-order valence-electron chi connectivity index (χ4n) is 2.88. The van der Waals surface area contributed by atoms with Gasteiger partial charge in [0.15, 0.2) is 0 Å². The number of hydrogen-bond acceptors (Lipinski definition) is 3. The van der Waals surface area contributed by atoms with Gasteiger partial charge in [0.1, 0.15) is 17.3 Å². The van der Waals surface area contributed by atoms with Crippen molar-refractivity contribution in [1.29, 1.82) is 0 Å². The SMILES string of the molecule is Cc1cc(Oc2ccc(S(=O)(=O)C(F)F)c3c2CC(F)(F)C3)ccc1F. The van der Waals surface area contributed by atoms with E-state index >= 15 is 0 Å². The molecular weight excluding hydrogens is 379 g/mol. The van der Waals surface area contributed by atoms with Crippen LogP contribution >= 0.6 is 0 Å². The highest BCUT2D eigenvalue weighted by Crippen LogP contribution is 2.44. The summed E-state index contributed by atoms with van der Waals surface area (Å²) >= 11 is 0. The number of ether oxygens (including phenoxy) is 1. The van der Waals surface area contributed by atoms with Crippen LogP contribution in [0.4, 0.5) is 22.0 Å². The number of fused-ring (bicyclic) bond motifs is 1. The molecule has 140 valence electrons. The van der Waals surface area contributed by atoms with Crippen molar-refractivity contribution in [2.45, 2.75) is 36.3 Å². The molecule has 3 rings (SSSR count). The highest BCUT2D eigenvalue weighted by atomic mass is 32.2. The zero-order valence-electron chi connectivity index (χ0n) is 13.4. The molecule has 0 unspecified atom stereocenters. The smallest absolute Gasteiger partial charge is 0.341 e. The van der Waals surface area contributed by atoms with Gasteiger partial charge in [0.05, 0.1) is 4.90 Å². The van der Waals surface area contributed by atoms with Crippen molar-refractivity contribution in [3.05, 3.63) is 52.8 Å². The molecule has 0 saturated heterocycles. The van der Waals surface area contributed by atoms with Gasteiger partial charge in [-0.2, -0.15) is 8.78 Å². The van der Waals surface area contributed by atoms with Crippen molar-refractivity contribution in [3.63, 3.8) is 0 Å². The summed E-state index contributed by atoms with van der Waals surface area (Å²) in [4.78, 5) is -0.817. The van der Waals surface area contributed by atoms with E-state index in [1.54, 1.807) is 0 Å². The topological polar surface area (TPSA) is 43.4 Å². The van der Waals surface area contributed by atoms with E-state index in [0.29, 0.717) is 0 Å². The van der Waals surface area contributed by atoms with Crippen molar-refractivity contribution in [2.75, 3.05) is 0 Å². The van der Waals surface area contributed by atoms with Crippen molar-refractivity contribution in [1.82, 2.24) is 0 Å². The molecule has 0 saturated carbocycles. The molecule has 0 heterocycles. The largest absolute Gasteiger partial charge is 0.457 e. The van der Waals surface area contributed by atoms with Gasteiger partial charge in [0.25, 0.3) is 5.92 Å². The first-order valence-corrected chi connectivity index (χ1v) is 9.04. The van der Waals surface area contributed by atoms with Crippen LogP contribution in [0.2, 0.25) is 0 Å². The minimum atomic E-state index is -5.03. The fourth-order valence-corrected chi connectivity index (χ4v) is 3.87. The predicted octanol–water partition coefficient (Wildman–Crippen LogP) is 4.66. The van der Waals surface area contributed by atoms with E-state index in [1.807, 2.05) is 0 Å². The third-order valence-electron chi connectivity index (χ3n) is 4.11. The number of alkyl halides is 4. The molecule has 2 aromatic carbocycles. The summed E-state index contributed by atoms with van der Waals surface area (Å²) in [6.45, 7) is 1.49. The lowest BCUT2D eigenvalue weighted by Crippen LogP contribution is -2.17. The molecule has 0 aliphatic heterocycles. The molecule has 9 heteroatoms. The van der Waals surface area contributed by atoms with Crippen LogP contribution in [0.5, 0.6) is 11.5 Å². The first-order valence-electron chi connectivity index (χ1n) is 7.50. The van der Waals surface area contributed by atoms with E-state index in [9.17, 15) is 30.4 Å². The lowest BCUT2D eigenvalue weighted by atomic mass is 10.1. The molecule has 0 amide bonds. The van der Waals surface area contributed by atoms with E-state index in [2.05, 4.69) is 0 Å². The molecule has 3 nitrogen and oxygen atoms in total. The molecule has 26 heavy (non-hydrogen) atoms. The molecule has 0 fully saturated rings. The van der Waals surface area contributed by atoms with E-state index in [4.69, 9.17) is 4.74 Å². The molecule has 1 aliphatic rings. The minimum absolute atomic E-state index is 0.0728. The van der Waals surface area contributed by atoms with Gasteiger partial charge >= 0.3 is 5.76 Å². The van der Waals surface area contributed by atoms with Crippen LogP contribution in [-0.2, 0) is 22.7 Å². The van der Waals surface area contributed by atoms with Crippen molar-refractivity contribution < 1.29 is 35.1 Å². The van der Waals surface area contributed by atoms with Gasteiger partial charge in [0, 0.05) is 18.4 Å². The summed E-state index contributed by atoms with van der Waals surface area (Å²) in [6.07, 6.45) is -1.80. The van der Waals surface area contributed by atoms with Gasteiger partial charge in [0.2, 0.25) is 9.84 Å². The Bertz CT molecular complexity index is 971. The van der Waals surface area contributed by atoms with Gasteiger partial charge < -0.3 is 4.74 Å². The molecule has 2 aromatic rings. The molecule has 0 bridgehead atoms. The van der Waals surface area contributed by atoms with Gasteiger partial charge in [-0.3, -0.25) is 0 Å². The highest BCUT2D eigenvalue weighted by molar-refractivity contribution is 7.91. The number of sulfone groups is 1. The second-order valence-corrected chi connectivity index (χ2v) is 7.93. The summed E-state index contributed by atoms with van der Waals surface area (Å²) in [7, 11) is -5.03. The van der Waals surface area contributed by atoms with Crippen LogP contribution in [0.15, 0.2) is 35.2 Å². The first kappa shape index (κ1) is 18.6. The molecule has 0 N–H and O–H groups in total. The van der Waals surface area contributed by atoms with Crippen molar-refractivity contribution in [3.8, 4) is 11.5 Å². The van der Waals surface area contributed by atoms with Crippen LogP contribution in [-0.4, -0.2) is 20.1 Å². The maximum atomic E-state index is 13.9. The van der Waals surface area contributed by atoms with E-state index in [1.165, 1.54) is 19.1 Å². The second kappa shape index (κ2) is 6.22. The van der Waals surface area contributed by atoms with E-state index in [-0.39, 0.29) is 28.2 Å². The van der Waals surface area contributed by atoms with Gasteiger partial charge in [-0.25, -0.2) is 21.6 Å². The number of rotatable bonds is 4. The monoisotopic (exact) mass is 392 g/mol. The fraction of sp³-hybridized carbons (Fsp3) is 0.294. The Morgan fingerprint density at radius 3 is 2.35 bits per heavy atom. The van der Waals surface area contributed by atoms with Gasteiger partial charge in [-0.15, -0.1) is 0 Å². The number of halogens is 5. The maximum Gasteiger partial charge on any atom is 0.341 e. The minimum Gasteiger partial charge on any atom is -0.457 e. The number of hydrogen-bond donors (Lipinski definition) is 0. The lowest BCUT2D eigenvalue weighted by molar-refractivity contribution is 0.0125. The number of benzene rings is 2. The third-order valence-corrected chi connectivity index (χ3v) is 5.58. The Hall–Kier alpha value is -2.16. The Labute approximate surface area is 146 Å². The molecular formula is C17H13F5O3S. The lowest BCUT2D eigenvalue weighted by Gasteiger charge is -2.14. The van der Waals surface area contributed by atoms with Gasteiger partial charge in [-0.05, 0) is 48.4 Å². The van der Waals surface area contributed by atoms with E-state index in [0.717, 1.165) is 18.2 Å². The quantitative estimate of drug-likeness (QED) is 0.711. The van der Waals surface area contributed by atoms with E-state index < -0.39 is 45.1 Å². The molecule has 0 spiro atoms. The number of aryl methyl sites for hydroxylation is 1. The zero-order valence-corrected chi connectivity index (χ0v) is 14.2. The van der Waals surface area contributed by atoms with Crippen LogP contribution in [0.1, 0.15) is 16.7 Å². The summed E-state index contributed by atoms with van der Waals surface area (Å²) in [6, 6.07) is 5.67. The Morgan fingerprint density at radius 1 is 1.08 bits per heavy atom. The molecule has 1 aliphatic carbocycles. The Morgan fingerprint density at radius 2 is 1.73 bits per heavy atom. The van der Waals surface area contributed by atoms with Crippen LogP contribution in [0, 0.1) is 12.7 Å². The van der Waals surface area contributed by atoms with Crippen LogP contribution in [0.3, 0.4) is 0 Å². The summed E-state index contributed by atoms with van der Waals surface area (Å²) in [5.74, 6) is -7.38.